The number of aromatic nitrogens is 3. The fourth-order valence-electron chi connectivity index (χ4n) is 1.90. The summed E-state index contributed by atoms with van der Waals surface area (Å²) in [5.41, 5.74) is 0.277. The topological polar surface area (TPSA) is 61.9 Å². The molecule has 0 aliphatic carbocycles. The quantitative estimate of drug-likeness (QED) is 0.923. The normalized spacial score (nSPS) is 10.7. The van der Waals surface area contributed by atoms with Crippen molar-refractivity contribution >= 4 is 17.5 Å². The average molecular weight is 311 g/mol. The Labute approximate surface area is 127 Å². The molecule has 0 unspecified atom stereocenters. The van der Waals surface area contributed by atoms with E-state index in [9.17, 15) is 9.18 Å². The number of benzene rings is 1. The van der Waals surface area contributed by atoms with Gasteiger partial charge in [0.05, 0.1) is 6.54 Å². The maximum absolute atomic E-state index is 13.7. The minimum atomic E-state index is -0.441. The van der Waals surface area contributed by atoms with Crippen molar-refractivity contribution in [3.63, 3.8) is 0 Å². The molecule has 0 spiro atoms. The average Bonchev–Trinajstić information content (AvgIpc) is 2.91. The van der Waals surface area contributed by atoms with E-state index in [4.69, 9.17) is 11.6 Å². The molecule has 0 atom stereocenters. The van der Waals surface area contributed by atoms with Crippen LogP contribution in [0.3, 0.4) is 0 Å². The Morgan fingerprint density at radius 1 is 1.48 bits per heavy atom. The first-order valence-corrected chi connectivity index (χ1v) is 7.00. The predicted molar refractivity (Wildman–Crippen MR) is 77.6 cm³/mol. The number of hydrogen-bond donors (Lipinski definition) is 1. The van der Waals surface area contributed by atoms with Gasteiger partial charge in [0.25, 0.3) is 5.91 Å². The van der Waals surface area contributed by atoms with Crippen LogP contribution in [0.15, 0.2) is 18.2 Å². The lowest BCUT2D eigenvalue weighted by molar-refractivity contribution is 0.0772. The Balaban J connectivity index is 2.12. The first-order valence-electron chi connectivity index (χ1n) is 6.62. The lowest BCUT2D eigenvalue weighted by atomic mass is 10.2. The number of H-pyrrole nitrogens is 1. The van der Waals surface area contributed by atoms with E-state index in [-0.39, 0.29) is 28.9 Å². The Kier molecular flexibility index (Phi) is 4.90. The van der Waals surface area contributed by atoms with Crippen molar-refractivity contribution in [1.29, 1.82) is 0 Å². The van der Waals surface area contributed by atoms with E-state index >= 15 is 0 Å². The third-order valence-electron chi connectivity index (χ3n) is 3.01. The minimum absolute atomic E-state index is 0.0575. The molecule has 5 nitrogen and oxygen atoms in total. The molecule has 0 saturated heterocycles. The summed E-state index contributed by atoms with van der Waals surface area (Å²) < 4.78 is 13.7. The standard InChI is InChI=1S/C14H16ClFN4O/c1-3-5-12-17-13(19-18-12)14(21)20(2)8-9-10(15)6-4-7-11(9)16/h4,6-7H,3,5,8H2,1-2H3,(H,17,18,19). The van der Waals surface area contributed by atoms with Crippen molar-refractivity contribution in [1.82, 2.24) is 20.1 Å². The fourth-order valence-corrected chi connectivity index (χ4v) is 2.13. The third-order valence-corrected chi connectivity index (χ3v) is 3.37. The van der Waals surface area contributed by atoms with E-state index in [0.29, 0.717) is 5.82 Å². The number of aromatic amines is 1. The molecule has 0 bridgehead atoms. The summed E-state index contributed by atoms with van der Waals surface area (Å²) in [5.74, 6) is -0.0803. The molecule has 0 aliphatic heterocycles. The van der Waals surface area contributed by atoms with E-state index in [1.165, 1.54) is 17.0 Å². The van der Waals surface area contributed by atoms with Crippen molar-refractivity contribution in [2.24, 2.45) is 0 Å². The highest BCUT2D eigenvalue weighted by Gasteiger charge is 2.19. The number of rotatable bonds is 5. The van der Waals surface area contributed by atoms with Crippen molar-refractivity contribution < 1.29 is 9.18 Å². The Morgan fingerprint density at radius 2 is 2.24 bits per heavy atom. The van der Waals surface area contributed by atoms with Crippen LogP contribution in [-0.2, 0) is 13.0 Å². The van der Waals surface area contributed by atoms with E-state index in [2.05, 4.69) is 15.2 Å². The number of nitrogens with zero attached hydrogens (tertiary/aromatic N) is 3. The van der Waals surface area contributed by atoms with Gasteiger partial charge >= 0.3 is 0 Å². The molecule has 0 saturated carbocycles. The first-order chi connectivity index (χ1) is 10.0. The Morgan fingerprint density at radius 3 is 2.90 bits per heavy atom. The molecule has 21 heavy (non-hydrogen) atoms. The molecule has 2 aromatic rings. The Hall–Kier alpha value is -1.95. The summed E-state index contributed by atoms with van der Waals surface area (Å²) in [4.78, 5) is 17.7. The molecule has 1 aromatic heterocycles. The van der Waals surface area contributed by atoms with Gasteiger partial charge in [-0.25, -0.2) is 9.37 Å². The van der Waals surface area contributed by atoms with Crippen LogP contribution in [0.5, 0.6) is 0 Å². The van der Waals surface area contributed by atoms with Gasteiger partial charge in [0.1, 0.15) is 11.6 Å². The summed E-state index contributed by atoms with van der Waals surface area (Å²) in [5, 5.41) is 6.90. The number of amides is 1. The van der Waals surface area contributed by atoms with Crippen LogP contribution in [-0.4, -0.2) is 33.0 Å². The molecule has 0 radical (unpaired) electrons. The van der Waals surface area contributed by atoms with Gasteiger partial charge in [-0.2, -0.15) is 0 Å². The monoisotopic (exact) mass is 310 g/mol. The van der Waals surface area contributed by atoms with Gasteiger partial charge in [0.2, 0.25) is 5.82 Å². The second kappa shape index (κ2) is 6.67. The molecule has 1 heterocycles. The number of carbonyl (C=O) groups is 1. The molecule has 1 aromatic carbocycles. The zero-order valence-corrected chi connectivity index (χ0v) is 12.6. The van der Waals surface area contributed by atoms with Crippen LogP contribution in [0, 0.1) is 5.82 Å². The number of aryl methyl sites for hydroxylation is 1. The predicted octanol–water partition coefficient (Wildman–Crippen LogP) is 2.82. The van der Waals surface area contributed by atoms with Crippen LogP contribution >= 0.6 is 11.6 Å². The van der Waals surface area contributed by atoms with Crippen molar-refractivity contribution in [2.75, 3.05) is 7.05 Å². The summed E-state index contributed by atoms with van der Waals surface area (Å²) in [6.07, 6.45) is 1.63. The molecule has 0 fully saturated rings. The molecule has 2 rings (SSSR count). The highest BCUT2D eigenvalue weighted by molar-refractivity contribution is 6.31. The Bertz CT molecular complexity index is 623. The lowest BCUT2D eigenvalue weighted by Gasteiger charge is -2.16. The number of nitrogens with one attached hydrogen (secondary N) is 1. The summed E-state index contributed by atoms with van der Waals surface area (Å²) in [6.45, 7) is 2.07. The van der Waals surface area contributed by atoms with Gasteiger partial charge in [0.15, 0.2) is 0 Å². The van der Waals surface area contributed by atoms with Gasteiger partial charge in [-0.3, -0.25) is 9.89 Å². The van der Waals surface area contributed by atoms with E-state index in [1.807, 2.05) is 6.92 Å². The van der Waals surface area contributed by atoms with Crippen LogP contribution in [0.1, 0.15) is 35.4 Å². The summed E-state index contributed by atoms with van der Waals surface area (Å²) in [6, 6.07) is 4.42. The van der Waals surface area contributed by atoms with E-state index in [0.717, 1.165) is 12.8 Å². The number of halogens is 2. The molecular weight excluding hydrogens is 295 g/mol. The molecule has 112 valence electrons. The van der Waals surface area contributed by atoms with Crippen LogP contribution in [0.4, 0.5) is 4.39 Å². The summed E-state index contributed by atoms with van der Waals surface area (Å²) in [7, 11) is 1.56. The van der Waals surface area contributed by atoms with Crippen LogP contribution < -0.4 is 0 Å². The van der Waals surface area contributed by atoms with Gasteiger partial charge in [-0.1, -0.05) is 24.6 Å². The van der Waals surface area contributed by atoms with E-state index < -0.39 is 5.82 Å². The molecule has 1 N–H and O–H groups in total. The molecule has 1 amide bonds. The number of carbonyl (C=O) groups excluding carboxylic acids is 1. The zero-order chi connectivity index (χ0) is 15.4. The van der Waals surface area contributed by atoms with Crippen LogP contribution in [0.25, 0.3) is 0 Å². The first kappa shape index (κ1) is 15.4. The smallest absolute Gasteiger partial charge is 0.293 e. The highest BCUT2D eigenvalue weighted by Crippen LogP contribution is 2.20. The van der Waals surface area contributed by atoms with Gasteiger partial charge in [-0.05, 0) is 18.6 Å². The highest BCUT2D eigenvalue weighted by atomic mass is 35.5. The SMILES string of the molecule is CCCc1nc(C(=O)N(C)Cc2c(F)cccc2Cl)n[nH]1. The number of hydrogen-bond acceptors (Lipinski definition) is 3. The largest absolute Gasteiger partial charge is 0.334 e. The fraction of sp³-hybridized carbons (Fsp3) is 0.357. The lowest BCUT2D eigenvalue weighted by Crippen LogP contribution is -2.27. The van der Waals surface area contributed by atoms with Gasteiger partial charge < -0.3 is 4.90 Å². The van der Waals surface area contributed by atoms with E-state index in [1.54, 1.807) is 13.1 Å². The van der Waals surface area contributed by atoms with Crippen molar-refractivity contribution in [3.05, 3.63) is 46.3 Å². The van der Waals surface area contributed by atoms with Crippen LogP contribution in [0.2, 0.25) is 5.02 Å². The second-order valence-electron chi connectivity index (χ2n) is 4.72. The maximum Gasteiger partial charge on any atom is 0.293 e. The third kappa shape index (κ3) is 3.58. The minimum Gasteiger partial charge on any atom is -0.334 e. The zero-order valence-electron chi connectivity index (χ0n) is 11.9. The molecule has 0 aliphatic rings. The van der Waals surface area contributed by atoms with Crippen molar-refractivity contribution in [3.8, 4) is 0 Å². The second-order valence-corrected chi connectivity index (χ2v) is 5.12. The molecule has 7 heteroatoms. The molecular formula is C14H16ClFN4O. The van der Waals surface area contributed by atoms with Gasteiger partial charge in [0, 0.05) is 24.1 Å². The van der Waals surface area contributed by atoms with Gasteiger partial charge in [-0.15, -0.1) is 5.10 Å². The maximum atomic E-state index is 13.7. The summed E-state index contributed by atoms with van der Waals surface area (Å²) >= 11 is 5.95. The van der Waals surface area contributed by atoms with Crippen molar-refractivity contribution in [2.45, 2.75) is 26.3 Å².